The van der Waals surface area contributed by atoms with Crippen molar-refractivity contribution in [1.29, 1.82) is 0 Å². The summed E-state index contributed by atoms with van der Waals surface area (Å²) in [5.41, 5.74) is 1.15. The summed E-state index contributed by atoms with van der Waals surface area (Å²) in [7, 11) is 0. The molecule has 3 aromatic rings. The number of amides is 1. The van der Waals surface area contributed by atoms with Crippen molar-refractivity contribution in [3.05, 3.63) is 68.8 Å². The van der Waals surface area contributed by atoms with E-state index in [0.29, 0.717) is 23.4 Å². The van der Waals surface area contributed by atoms with Gasteiger partial charge in [0.2, 0.25) is 5.95 Å². The number of anilines is 1. The van der Waals surface area contributed by atoms with Crippen molar-refractivity contribution in [2.24, 2.45) is 0 Å². The highest BCUT2D eigenvalue weighted by atomic mass is 16.4. The van der Waals surface area contributed by atoms with Crippen LogP contribution in [0.4, 0.5) is 5.82 Å². The minimum Gasteiger partial charge on any atom is -0.545 e. The Morgan fingerprint density at radius 1 is 1.21 bits per heavy atom. The lowest BCUT2D eigenvalue weighted by atomic mass is 10.1. The number of aromatic carboxylic acids is 1. The van der Waals surface area contributed by atoms with Crippen molar-refractivity contribution < 1.29 is 14.7 Å². The van der Waals surface area contributed by atoms with Crippen molar-refractivity contribution in [3.63, 3.8) is 0 Å². The molecule has 0 saturated carbocycles. The fourth-order valence-electron chi connectivity index (χ4n) is 2.91. The number of nitrogens with one attached hydrogen (secondary N) is 2. The molecule has 144 valence electrons. The molecular formula is C19H18N5O4-. The molecule has 0 spiro atoms. The van der Waals surface area contributed by atoms with Crippen LogP contribution in [0, 0.1) is 13.8 Å². The lowest BCUT2D eigenvalue weighted by molar-refractivity contribution is -0.255. The lowest BCUT2D eigenvalue weighted by Gasteiger charge is -2.12. The maximum atomic E-state index is 12.6. The first-order valence-corrected chi connectivity index (χ1v) is 8.60. The van der Waals surface area contributed by atoms with Gasteiger partial charge < -0.3 is 15.2 Å². The zero-order valence-corrected chi connectivity index (χ0v) is 15.6. The first-order valence-electron chi connectivity index (χ1n) is 8.60. The van der Waals surface area contributed by atoms with Crippen LogP contribution >= 0.6 is 0 Å². The van der Waals surface area contributed by atoms with Crippen LogP contribution in [-0.2, 0) is 6.42 Å². The summed E-state index contributed by atoms with van der Waals surface area (Å²) in [5.74, 6) is -1.71. The highest BCUT2D eigenvalue weighted by Crippen LogP contribution is 2.17. The van der Waals surface area contributed by atoms with Gasteiger partial charge >= 0.3 is 0 Å². The van der Waals surface area contributed by atoms with E-state index >= 15 is 0 Å². The van der Waals surface area contributed by atoms with Crippen LogP contribution in [0.15, 0.2) is 35.1 Å². The van der Waals surface area contributed by atoms with E-state index in [-0.39, 0.29) is 28.5 Å². The topological polar surface area (TPSA) is 133 Å². The monoisotopic (exact) mass is 380 g/mol. The quantitative estimate of drug-likeness (QED) is 0.671. The minimum atomic E-state index is -1.45. The predicted molar refractivity (Wildman–Crippen MR) is 99.6 cm³/mol. The van der Waals surface area contributed by atoms with E-state index in [1.807, 2.05) is 6.92 Å². The van der Waals surface area contributed by atoms with E-state index in [9.17, 15) is 19.5 Å². The molecule has 0 aliphatic carbocycles. The molecule has 28 heavy (non-hydrogen) atoms. The molecule has 0 unspecified atom stereocenters. The second-order valence-electron chi connectivity index (χ2n) is 6.18. The van der Waals surface area contributed by atoms with Gasteiger partial charge in [0.15, 0.2) is 0 Å². The van der Waals surface area contributed by atoms with Crippen LogP contribution in [0.5, 0.6) is 0 Å². The molecule has 2 N–H and O–H groups in total. The Labute approximate surface area is 160 Å². The average molecular weight is 380 g/mol. The third kappa shape index (κ3) is 3.54. The van der Waals surface area contributed by atoms with Gasteiger partial charge in [-0.25, -0.2) is 4.98 Å². The highest BCUT2D eigenvalue weighted by molar-refractivity contribution is 6.10. The van der Waals surface area contributed by atoms with Gasteiger partial charge in [0.1, 0.15) is 5.82 Å². The Bertz CT molecular complexity index is 1130. The Balaban J connectivity index is 2.02. The molecule has 3 rings (SSSR count). The Kier molecular flexibility index (Phi) is 5.08. The van der Waals surface area contributed by atoms with Crippen molar-refractivity contribution in [1.82, 2.24) is 19.7 Å². The fourth-order valence-corrected chi connectivity index (χ4v) is 2.91. The number of carboxylic acid groups (broad SMARTS) is 1. The minimum absolute atomic E-state index is 0.0492. The summed E-state index contributed by atoms with van der Waals surface area (Å²) in [6.07, 6.45) is 0.538. The third-order valence-corrected chi connectivity index (χ3v) is 4.23. The second kappa shape index (κ2) is 7.47. The number of benzene rings is 1. The molecule has 0 saturated heterocycles. The third-order valence-electron chi connectivity index (χ3n) is 4.23. The smallest absolute Gasteiger partial charge is 0.257 e. The maximum Gasteiger partial charge on any atom is 0.257 e. The van der Waals surface area contributed by atoms with Crippen LogP contribution in [0.25, 0.3) is 5.95 Å². The average Bonchev–Trinajstić information content (AvgIpc) is 3.01. The Morgan fingerprint density at radius 3 is 2.50 bits per heavy atom. The molecular weight excluding hydrogens is 362 g/mol. The molecule has 9 nitrogen and oxygen atoms in total. The first-order chi connectivity index (χ1) is 13.3. The van der Waals surface area contributed by atoms with Crippen molar-refractivity contribution in [2.75, 3.05) is 5.32 Å². The summed E-state index contributed by atoms with van der Waals surface area (Å²) in [4.78, 5) is 43.2. The summed E-state index contributed by atoms with van der Waals surface area (Å²) in [6, 6.07) is 7.31. The number of aromatic amines is 1. The molecule has 0 aliphatic heterocycles. The van der Waals surface area contributed by atoms with Crippen molar-refractivity contribution in [3.8, 4) is 5.95 Å². The largest absolute Gasteiger partial charge is 0.545 e. The van der Waals surface area contributed by atoms with Crippen LogP contribution in [0.2, 0.25) is 0 Å². The van der Waals surface area contributed by atoms with E-state index < -0.39 is 11.9 Å². The summed E-state index contributed by atoms with van der Waals surface area (Å²) < 4.78 is 1.29. The SMILES string of the molecule is CCc1c(C)nc(-n2nc(C)cc2NC(=O)c2ccccc2C(=O)[O-])[nH]c1=O. The van der Waals surface area contributed by atoms with Gasteiger partial charge in [-0.1, -0.05) is 25.1 Å². The number of rotatable bonds is 5. The van der Waals surface area contributed by atoms with E-state index in [2.05, 4.69) is 20.4 Å². The van der Waals surface area contributed by atoms with Gasteiger partial charge in [-0.15, -0.1) is 0 Å². The number of carbonyl (C=O) groups is 2. The summed E-state index contributed by atoms with van der Waals surface area (Å²) in [6.45, 7) is 5.30. The molecule has 9 heteroatoms. The number of hydrogen-bond acceptors (Lipinski definition) is 6. The number of carbonyl (C=O) groups excluding carboxylic acids is 2. The molecule has 0 bridgehead atoms. The molecule has 2 heterocycles. The van der Waals surface area contributed by atoms with Gasteiger partial charge in [-0.05, 0) is 26.3 Å². The van der Waals surface area contributed by atoms with Crippen LogP contribution in [0.3, 0.4) is 0 Å². The van der Waals surface area contributed by atoms with Crippen molar-refractivity contribution in [2.45, 2.75) is 27.2 Å². The number of aromatic nitrogens is 4. The van der Waals surface area contributed by atoms with Crippen LogP contribution in [0.1, 0.15) is 44.6 Å². The van der Waals surface area contributed by atoms with E-state index in [1.54, 1.807) is 26.0 Å². The normalized spacial score (nSPS) is 10.7. The molecule has 0 radical (unpaired) electrons. The molecule has 0 atom stereocenters. The maximum absolute atomic E-state index is 12.6. The molecule has 1 aromatic carbocycles. The van der Waals surface area contributed by atoms with Crippen molar-refractivity contribution >= 4 is 17.7 Å². The Hall–Kier alpha value is -3.75. The van der Waals surface area contributed by atoms with Gasteiger partial charge in [-0.3, -0.25) is 14.6 Å². The van der Waals surface area contributed by atoms with Gasteiger partial charge in [0, 0.05) is 28.5 Å². The number of aryl methyl sites for hydroxylation is 2. The van der Waals surface area contributed by atoms with E-state index in [1.165, 1.54) is 22.9 Å². The molecule has 2 aromatic heterocycles. The number of carboxylic acids is 1. The predicted octanol–water partition coefficient (Wildman–Crippen LogP) is 0.751. The van der Waals surface area contributed by atoms with Gasteiger partial charge in [0.25, 0.3) is 11.5 Å². The molecule has 0 fully saturated rings. The van der Waals surface area contributed by atoms with E-state index in [4.69, 9.17) is 0 Å². The van der Waals surface area contributed by atoms with Crippen LogP contribution < -0.4 is 16.0 Å². The fraction of sp³-hybridized carbons (Fsp3) is 0.211. The second-order valence-corrected chi connectivity index (χ2v) is 6.18. The zero-order chi connectivity index (χ0) is 20.4. The zero-order valence-electron chi connectivity index (χ0n) is 15.6. The first kappa shape index (κ1) is 19.0. The highest BCUT2D eigenvalue weighted by Gasteiger charge is 2.17. The Morgan fingerprint density at radius 2 is 1.89 bits per heavy atom. The van der Waals surface area contributed by atoms with Gasteiger partial charge in [-0.2, -0.15) is 9.78 Å². The summed E-state index contributed by atoms with van der Waals surface area (Å²) >= 11 is 0. The summed E-state index contributed by atoms with van der Waals surface area (Å²) in [5, 5.41) is 18.1. The molecule has 0 aliphatic rings. The van der Waals surface area contributed by atoms with Crippen LogP contribution in [-0.4, -0.2) is 31.6 Å². The number of nitrogens with zero attached hydrogens (tertiary/aromatic N) is 3. The molecule has 1 amide bonds. The standard InChI is InChI=1S/C19H19N5O4/c1-4-12-11(3)20-19(22-16(12)25)24-15(9-10(2)23-24)21-17(26)13-7-5-6-8-14(13)18(27)28/h5-9H,4H2,1-3H3,(H,21,26)(H,27,28)(H,20,22,25)/p-1. The van der Waals surface area contributed by atoms with Gasteiger partial charge in [0.05, 0.1) is 11.7 Å². The number of H-pyrrole nitrogens is 1. The lowest BCUT2D eigenvalue weighted by Crippen LogP contribution is -2.27. The van der Waals surface area contributed by atoms with E-state index in [0.717, 1.165) is 0 Å². The number of hydrogen-bond donors (Lipinski definition) is 2.